The van der Waals surface area contributed by atoms with Gasteiger partial charge >= 0.3 is 5.97 Å². The summed E-state index contributed by atoms with van der Waals surface area (Å²) in [6.07, 6.45) is 12.9. The molecule has 0 aromatic heterocycles. The zero-order valence-corrected chi connectivity index (χ0v) is 13.4. The summed E-state index contributed by atoms with van der Waals surface area (Å²) in [4.78, 5) is 21.9. The fourth-order valence-electron chi connectivity index (χ4n) is 2.24. The van der Waals surface area contributed by atoms with Crippen molar-refractivity contribution in [2.24, 2.45) is 0 Å². The third-order valence-corrected chi connectivity index (χ3v) is 3.59. The lowest BCUT2D eigenvalue weighted by Gasteiger charge is -2.16. The van der Waals surface area contributed by atoms with E-state index in [0.717, 1.165) is 57.7 Å². The molecular weight excluding hydrogens is 252 g/mol. The number of unbranched alkanes of at least 4 members (excludes halogenated alkanes) is 7. The molecule has 0 heterocycles. The molecule has 3 heteroatoms. The highest BCUT2D eigenvalue weighted by Gasteiger charge is 2.11. The molecule has 1 unspecified atom stereocenters. The van der Waals surface area contributed by atoms with Crippen LogP contribution in [0.3, 0.4) is 0 Å². The highest BCUT2D eigenvalue weighted by atomic mass is 16.5. The minimum Gasteiger partial charge on any atom is -0.462 e. The molecule has 0 spiro atoms. The maximum atomic E-state index is 11.7. The molecule has 3 nitrogen and oxygen atoms in total. The number of carbonyl (C=O) groups is 2. The zero-order valence-electron chi connectivity index (χ0n) is 13.4. The van der Waals surface area contributed by atoms with Crippen LogP contribution in [0.15, 0.2) is 0 Å². The Kier molecular flexibility index (Phi) is 13.9. The summed E-state index contributed by atoms with van der Waals surface area (Å²) in [6, 6.07) is 0. The molecule has 0 N–H and O–H groups in total. The largest absolute Gasteiger partial charge is 0.462 e. The normalized spacial score (nSPS) is 12.1. The van der Waals surface area contributed by atoms with E-state index in [4.69, 9.17) is 4.74 Å². The molecule has 0 saturated carbocycles. The Morgan fingerprint density at radius 1 is 1.00 bits per heavy atom. The molecular formula is C17H32O3. The molecule has 0 aromatic rings. The Balaban J connectivity index is 3.52. The van der Waals surface area contributed by atoms with Gasteiger partial charge in [-0.15, -0.1) is 0 Å². The van der Waals surface area contributed by atoms with Gasteiger partial charge in [0.15, 0.2) is 0 Å². The number of rotatable bonds is 14. The van der Waals surface area contributed by atoms with Crippen molar-refractivity contribution >= 4 is 12.3 Å². The first kappa shape index (κ1) is 19.1. The molecule has 1 atom stereocenters. The molecule has 0 aromatic carbocycles. The SMILES string of the molecule is CCCCCC(CC)OC(=O)CCCCCCCC=O. The third-order valence-electron chi connectivity index (χ3n) is 3.59. The number of carbonyl (C=O) groups excluding carboxylic acids is 2. The topological polar surface area (TPSA) is 43.4 Å². The highest BCUT2D eigenvalue weighted by Crippen LogP contribution is 2.13. The Morgan fingerprint density at radius 3 is 2.35 bits per heavy atom. The number of hydrogen-bond acceptors (Lipinski definition) is 3. The lowest BCUT2D eigenvalue weighted by atomic mass is 10.1. The first-order valence-corrected chi connectivity index (χ1v) is 8.37. The van der Waals surface area contributed by atoms with Crippen LogP contribution in [0.1, 0.15) is 90.9 Å². The Bertz CT molecular complexity index is 238. The minimum absolute atomic E-state index is 0.0405. The van der Waals surface area contributed by atoms with E-state index >= 15 is 0 Å². The lowest BCUT2D eigenvalue weighted by Crippen LogP contribution is -2.17. The van der Waals surface area contributed by atoms with E-state index in [2.05, 4.69) is 13.8 Å². The van der Waals surface area contributed by atoms with E-state index in [1.54, 1.807) is 0 Å². The maximum absolute atomic E-state index is 11.7. The van der Waals surface area contributed by atoms with E-state index in [1.807, 2.05) is 0 Å². The van der Waals surface area contributed by atoms with Crippen LogP contribution in [0.2, 0.25) is 0 Å². The summed E-state index contributed by atoms with van der Waals surface area (Å²) in [5, 5.41) is 0. The van der Waals surface area contributed by atoms with E-state index in [0.29, 0.717) is 12.8 Å². The fraction of sp³-hybridized carbons (Fsp3) is 0.882. The van der Waals surface area contributed by atoms with E-state index in [-0.39, 0.29) is 12.1 Å². The van der Waals surface area contributed by atoms with Gasteiger partial charge in [-0.05, 0) is 32.1 Å². The summed E-state index contributed by atoms with van der Waals surface area (Å²) in [7, 11) is 0. The number of esters is 1. The molecule has 0 aliphatic heterocycles. The zero-order chi connectivity index (χ0) is 15.1. The van der Waals surface area contributed by atoms with E-state index < -0.39 is 0 Å². The molecule has 0 radical (unpaired) electrons. The molecule has 0 rings (SSSR count). The van der Waals surface area contributed by atoms with Crippen LogP contribution in [-0.4, -0.2) is 18.4 Å². The van der Waals surface area contributed by atoms with Crippen molar-refractivity contribution < 1.29 is 14.3 Å². The third kappa shape index (κ3) is 12.2. The van der Waals surface area contributed by atoms with Gasteiger partial charge in [0, 0.05) is 12.8 Å². The monoisotopic (exact) mass is 284 g/mol. The van der Waals surface area contributed by atoms with Crippen LogP contribution in [0.5, 0.6) is 0 Å². The predicted molar refractivity (Wildman–Crippen MR) is 82.7 cm³/mol. The minimum atomic E-state index is -0.0405. The van der Waals surface area contributed by atoms with Crippen molar-refractivity contribution in [3.05, 3.63) is 0 Å². The predicted octanol–water partition coefficient (Wildman–Crippen LogP) is 4.82. The van der Waals surface area contributed by atoms with Crippen LogP contribution in [-0.2, 0) is 14.3 Å². The smallest absolute Gasteiger partial charge is 0.306 e. The van der Waals surface area contributed by atoms with Gasteiger partial charge in [0.25, 0.3) is 0 Å². The highest BCUT2D eigenvalue weighted by molar-refractivity contribution is 5.69. The Morgan fingerprint density at radius 2 is 1.70 bits per heavy atom. The summed E-state index contributed by atoms with van der Waals surface area (Å²) in [6.45, 7) is 4.26. The number of hydrogen-bond donors (Lipinski definition) is 0. The molecule has 0 fully saturated rings. The van der Waals surface area contributed by atoms with Crippen molar-refractivity contribution in [1.29, 1.82) is 0 Å². The van der Waals surface area contributed by atoms with Crippen molar-refractivity contribution in [3.63, 3.8) is 0 Å². The van der Waals surface area contributed by atoms with Gasteiger partial charge in [-0.3, -0.25) is 4.79 Å². The van der Waals surface area contributed by atoms with Crippen molar-refractivity contribution in [1.82, 2.24) is 0 Å². The standard InChI is InChI=1S/C17H32O3/c1-3-5-10-13-16(4-2)20-17(19)14-11-8-6-7-9-12-15-18/h15-16H,3-14H2,1-2H3. The number of aldehydes is 1. The second-order valence-electron chi connectivity index (χ2n) is 5.49. The lowest BCUT2D eigenvalue weighted by molar-refractivity contribution is -0.149. The van der Waals surface area contributed by atoms with Gasteiger partial charge in [0.05, 0.1) is 0 Å². The van der Waals surface area contributed by atoms with E-state index in [9.17, 15) is 9.59 Å². The van der Waals surface area contributed by atoms with Crippen LogP contribution < -0.4 is 0 Å². The van der Waals surface area contributed by atoms with Crippen LogP contribution >= 0.6 is 0 Å². The second kappa shape index (κ2) is 14.5. The van der Waals surface area contributed by atoms with E-state index in [1.165, 1.54) is 12.8 Å². The van der Waals surface area contributed by atoms with Crippen molar-refractivity contribution in [2.75, 3.05) is 0 Å². The quantitative estimate of drug-likeness (QED) is 0.261. The van der Waals surface area contributed by atoms with Gasteiger partial charge in [-0.25, -0.2) is 0 Å². The summed E-state index contributed by atoms with van der Waals surface area (Å²) >= 11 is 0. The van der Waals surface area contributed by atoms with Gasteiger partial charge in [-0.2, -0.15) is 0 Å². The summed E-state index contributed by atoms with van der Waals surface area (Å²) < 4.78 is 5.51. The molecule has 0 aliphatic rings. The fourth-order valence-corrected chi connectivity index (χ4v) is 2.24. The molecule has 0 saturated heterocycles. The maximum Gasteiger partial charge on any atom is 0.306 e. The van der Waals surface area contributed by atoms with Gasteiger partial charge in [0.2, 0.25) is 0 Å². The average molecular weight is 284 g/mol. The molecule has 0 amide bonds. The molecule has 20 heavy (non-hydrogen) atoms. The van der Waals surface area contributed by atoms with Gasteiger partial charge in [0.1, 0.15) is 12.4 Å². The second-order valence-corrected chi connectivity index (χ2v) is 5.49. The first-order valence-electron chi connectivity index (χ1n) is 8.37. The van der Waals surface area contributed by atoms with Crippen LogP contribution in [0.25, 0.3) is 0 Å². The van der Waals surface area contributed by atoms with Gasteiger partial charge < -0.3 is 9.53 Å². The molecule has 118 valence electrons. The van der Waals surface area contributed by atoms with Crippen molar-refractivity contribution in [3.8, 4) is 0 Å². The van der Waals surface area contributed by atoms with Crippen molar-refractivity contribution in [2.45, 2.75) is 97.0 Å². The number of ether oxygens (including phenoxy) is 1. The van der Waals surface area contributed by atoms with Crippen LogP contribution in [0, 0.1) is 0 Å². The van der Waals surface area contributed by atoms with Gasteiger partial charge in [-0.1, -0.05) is 46.0 Å². The Labute approximate surface area is 124 Å². The summed E-state index contributed by atoms with van der Waals surface area (Å²) in [5.41, 5.74) is 0. The summed E-state index contributed by atoms with van der Waals surface area (Å²) in [5.74, 6) is -0.0405. The van der Waals surface area contributed by atoms with Crippen LogP contribution in [0.4, 0.5) is 0 Å². The molecule has 0 bridgehead atoms. The Hall–Kier alpha value is -0.860. The first-order chi connectivity index (χ1) is 9.74. The average Bonchev–Trinajstić information content (AvgIpc) is 2.45. The molecule has 0 aliphatic carbocycles.